The highest BCUT2D eigenvalue weighted by molar-refractivity contribution is 7.26. The average molecular weight is 631 g/mol. The average Bonchev–Trinajstić information content (AvgIpc) is 3.73. The second kappa shape index (κ2) is 10.7. The van der Waals surface area contributed by atoms with Crippen molar-refractivity contribution in [3.05, 3.63) is 158 Å². The Morgan fingerprint density at radius 1 is 0.438 bits per heavy atom. The van der Waals surface area contributed by atoms with Crippen LogP contribution in [0.25, 0.3) is 97.9 Å². The second-order valence-electron chi connectivity index (χ2n) is 12.1. The Balaban J connectivity index is 1.21. The minimum atomic E-state index is 0.706. The third-order valence-corrected chi connectivity index (χ3v) is 10.4. The lowest BCUT2D eigenvalue weighted by atomic mass is 9.93. The molecule has 0 bridgehead atoms. The van der Waals surface area contributed by atoms with Crippen molar-refractivity contribution in [2.24, 2.45) is 0 Å². The van der Waals surface area contributed by atoms with Gasteiger partial charge < -0.3 is 4.42 Å². The first-order chi connectivity index (χ1) is 23.8. The molecule has 0 aliphatic rings. The zero-order chi connectivity index (χ0) is 31.6. The van der Waals surface area contributed by atoms with Crippen LogP contribution in [0.4, 0.5) is 0 Å². The number of aromatic nitrogens is 2. The van der Waals surface area contributed by atoms with E-state index in [9.17, 15) is 0 Å². The molecule has 0 aliphatic carbocycles. The summed E-state index contributed by atoms with van der Waals surface area (Å²) in [6.45, 7) is 0. The lowest BCUT2D eigenvalue weighted by Crippen LogP contribution is -1.93. The minimum absolute atomic E-state index is 0.706. The number of benzene rings is 7. The maximum absolute atomic E-state index is 6.61. The highest BCUT2D eigenvalue weighted by Crippen LogP contribution is 2.43. The van der Waals surface area contributed by atoms with Crippen molar-refractivity contribution in [1.82, 2.24) is 9.97 Å². The van der Waals surface area contributed by atoms with E-state index in [1.54, 1.807) is 11.3 Å². The van der Waals surface area contributed by atoms with Crippen LogP contribution in [0.3, 0.4) is 0 Å². The predicted molar refractivity (Wildman–Crippen MR) is 201 cm³/mol. The van der Waals surface area contributed by atoms with Gasteiger partial charge in [0.25, 0.3) is 0 Å². The number of hydrogen-bond acceptors (Lipinski definition) is 4. The van der Waals surface area contributed by atoms with Gasteiger partial charge in [-0.2, -0.15) is 0 Å². The van der Waals surface area contributed by atoms with E-state index < -0.39 is 0 Å². The molecule has 224 valence electrons. The van der Waals surface area contributed by atoms with Crippen LogP contribution in [-0.2, 0) is 0 Å². The third kappa shape index (κ3) is 4.27. The number of rotatable bonds is 4. The van der Waals surface area contributed by atoms with Gasteiger partial charge in [0.05, 0.1) is 15.9 Å². The zero-order valence-electron chi connectivity index (χ0n) is 25.7. The predicted octanol–water partition coefficient (Wildman–Crippen LogP) is 12.6. The van der Waals surface area contributed by atoms with Gasteiger partial charge >= 0.3 is 0 Å². The molecule has 0 aliphatic heterocycles. The van der Waals surface area contributed by atoms with Crippen molar-refractivity contribution < 1.29 is 4.42 Å². The van der Waals surface area contributed by atoms with Crippen molar-refractivity contribution in [3.8, 4) is 44.9 Å². The summed E-state index contributed by atoms with van der Waals surface area (Å²) in [6.07, 6.45) is 0. The molecule has 10 aromatic rings. The molecule has 0 N–H and O–H groups in total. The summed E-state index contributed by atoms with van der Waals surface area (Å²) < 4.78 is 8.93. The van der Waals surface area contributed by atoms with Gasteiger partial charge in [-0.25, -0.2) is 9.97 Å². The Morgan fingerprint density at radius 3 is 1.96 bits per heavy atom. The number of furan rings is 1. The van der Waals surface area contributed by atoms with E-state index in [4.69, 9.17) is 14.4 Å². The Bertz CT molecular complexity index is 2830. The van der Waals surface area contributed by atoms with Crippen molar-refractivity contribution in [2.45, 2.75) is 0 Å². The van der Waals surface area contributed by atoms with E-state index >= 15 is 0 Å². The largest absolute Gasteiger partial charge is 0.455 e. The lowest BCUT2D eigenvalue weighted by molar-refractivity contribution is 0.672. The van der Waals surface area contributed by atoms with Gasteiger partial charge in [0.1, 0.15) is 11.2 Å². The molecule has 0 unspecified atom stereocenters. The van der Waals surface area contributed by atoms with E-state index in [1.807, 2.05) is 6.07 Å². The number of hydrogen-bond donors (Lipinski definition) is 0. The van der Waals surface area contributed by atoms with Gasteiger partial charge in [0, 0.05) is 37.4 Å². The molecule has 48 heavy (non-hydrogen) atoms. The summed E-state index contributed by atoms with van der Waals surface area (Å²) in [5.41, 5.74) is 10.5. The molecule has 4 heteroatoms. The van der Waals surface area contributed by atoms with Crippen LogP contribution < -0.4 is 0 Å². The van der Waals surface area contributed by atoms with Crippen LogP contribution in [-0.4, -0.2) is 9.97 Å². The third-order valence-electron chi connectivity index (χ3n) is 9.28. The first-order valence-electron chi connectivity index (χ1n) is 16.1. The molecule has 3 nitrogen and oxygen atoms in total. The lowest BCUT2D eigenvalue weighted by Gasteiger charge is -2.10. The van der Waals surface area contributed by atoms with Crippen molar-refractivity contribution >= 4 is 64.4 Å². The van der Waals surface area contributed by atoms with E-state index in [1.165, 1.54) is 32.3 Å². The van der Waals surface area contributed by atoms with E-state index in [-0.39, 0.29) is 0 Å². The van der Waals surface area contributed by atoms with Crippen molar-refractivity contribution in [3.63, 3.8) is 0 Å². The van der Waals surface area contributed by atoms with Gasteiger partial charge in [-0.05, 0) is 64.0 Å². The maximum Gasteiger partial charge on any atom is 0.160 e. The van der Waals surface area contributed by atoms with Gasteiger partial charge in [0.15, 0.2) is 5.82 Å². The minimum Gasteiger partial charge on any atom is -0.455 e. The highest BCUT2D eigenvalue weighted by Gasteiger charge is 2.19. The molecule has 0 saturated carbocycles. The Kier molecular flexibility index (Phi) is 6.05. The molecule has 3 aromatic heterocycles. The monoisotopic (exact) mass is 630 g/mol. The van der Waals surface area contributed by atoms with Crippen LogP contribution in [0, 0.1) is 0 Å². The quantitative estimate of drug-likeness (QED) is 0.194. The zero-order valence-corrected chi connectivity index (χ0v) is 26.5. The Labute approximate surface area is 280 Å². The van der Waals surface area contributed by atoms with Gasteiger partial charge in [-0.3, -0.25) is 0 Å². The van der Waals surface area contributed by atoms with Gasteiger partial charge in [-0.1, -0.05) is 121 Å². The summed E-state index contributed by atoms with van der Waals surface area (Å²) in [5.74, 6) is 0.706. The highest BCUT2D eigenvalue weighted by atomic mass is 32.1. The first-order valence-corrected chi connectivity index (χ1v) is 16.9. The summed E-state index contributed by atoms with van der Waals surface area (Å²) in [7, 11) is 0. The van der Waals surface area contributed by atoms with Gasteiger partial charge in [-0.15, -0.1) is 11.3 Å². The summed E-state index contributed by atoms with van der Waals surface area (Å²) in [5, 5.41) is 5.55. The number of fused-ring (bicyclic) bond motifs is 8. The summed E-state index contributed by atoms with van der Waals surface area (Å²) in [6, 6.07) is 55.5. The molecular weight excluding hydrogens is 605 g/mol. The van der Waals surface area contributed by atoms with E-state index in [0.29, 0.717) is 5.82 Å². The smallest absolute Gasteiger partial charge is 0.160 e. The molecule has 0 radical (unpaired) electrons. The summed E-state index contributed by atoms with van der Waals surface area (Å²) in [4.78, 5) is 10.4. The van der Waals surface area contributed by atoms with Crippen LogP contribution in [0.2, 0.25) is 0 Å². The number of nitrogens with zero attached hydrogens (tertiary/aromatic N) is 2. The molecule has 7 aromatic carbocycles. The second-order valence-corrected chi connectivity index (χ2v) is 13.2. The van der Waals surface area contributed by atoms with Crippen molar-refractivity contribution in [1.29, 1.82) is 0 Å². The first kappa shape index (κ1) is 27.1. The van der Waals surface area contributed by atoms with E-state index in [2.05, 4.69) is 152 Å². The molecular formula is C44H26N2OS. The van der Waals surface area contributed by atoms with Crippen LogP contribution in [0.5, 0.6) is 0 Å². The fourth-order valence-corrected chi connectivity index (χ4v) is 8.14. The fourth-order valence-electron chi connectivity index (χ4n) is 6.98. The Hall–Kier alpha value is -6.10. The van der Waals surface area contributed by atoms with E-state index in [0.717, 1.165) is 59.7 Å². The molecule has 0 atom stereocenters. The summed E-state index contributed by atoms with van der Waals surface area (Å²) >= 11 is 1.75. The molecule has 10 rings (SSSR count). The van der Waals surface area contributed by atoms with Crippen LogP contribution >= 0.6 is 11.3 Å². The molecule has 0 saturated heterocycles. The topological polar surface area (TPSA) is 38.9 Å². The maximum atomic E-state index is 6.61. The number of thiophene rings is 1. The SMILES string of the molecule is c1ccc(-c2cccc(-c3cc4c5cc(-c6nc(-c7ccccc7)c7sc8ccccc8c7n6)ccc5oc4c4ccccc34)c2)cc1. The Morgan fingerprint density at radius 2 is 1.12 bits per heavy atom. The van der Waals surface area contributed by atoms with Crippen LogP contribution in [0.1, 0.15) is 0 Å². The van der Waals surface area contributed by atoms with Crippen molar-refractivity contribution in [2.75, 3.05) is 0 Å². The molecule has 0 amide bonds. The fraction of sp³-hybridized carbons (Fsp3) is 0. The molecule has 0 fully saturated rings. The van der Waals surface area contributed by atoms with Crippen LogP contribution in [0.15, 0.2) is 162 Å². The molecule has 0 spiro atoms. The van der Waals surface area contributed by atoms with Gasteiger partial charge in [0.2, 0.25) is 0 Å². The molecule has 3 heterocycles. The standard InChI is InChI=1S/C44H26N2OS/c1-3-12-27(13-4-1)29-16-11-17-30(24-29)35-26-37-36-25-31(22-23-38(36)47-42(37)33-19-8-7-18-32(33)35)44-45-40(28-14-5-2-6-15-28)43-41(46-44)34-20-9-10-21-39(34)48-43/h1-26H. The normalized spacial score (nSPS) is 11.8.